The van der Waals surface area contributed by atoms with E-state index in [1.165, 1.54) is 0 Å². The SMILES string of the molecule is CC(C)C[C@H](NC(=O)[C@H](COC(F)F)NC(=O)[C@H](COC(F)F)NC(=O)CN1CCOCC1)C(=O)O. The van der Waals surface area contributed by atoms with Crippen molar-refractivity contribution in [3.8, 4) is 0 Å². The van der Waals surface area contributed by atoms with Crippen LogP contribution >= 0.6 is 0 Å². The Morgan fingerprint density at radius 2 is 1.33 bits per heavy atom. The molecule has 0 spiro atoms. The van der Waals surface area contributed by atoms with Gasteiger partial charge in [0, 0.05) is 13.1 Å². The fraction of sp³-hybridized carbons (Fsp3) is 0.800. The summed E-state index contributed by atoms with van der Waals surface area (Å²) in [6.07, 6.45) is -0.000104. The number of hydrogen-bond acceptors (Lipinski definition) is 8. The van der Waals surface area contributed by atoms with Gasteiger partial charge in [-0.25, -0.2) is 4.79 Å². The second-order valence-electron chi connectivity index (χ2n) is 8.29. The number of halogens is 4. The number of carbonyl (C=O) groups excluding carboxylic acids is 3. The molecule has 1 heterocycles. The molecule has 208 valence electrons. The van der Waals surface area contributed by atoms with Gasteiger partial charge in [0.2, 0.25) is 17.7 Å². The molecule has 0 aromatic heterocycles. The first kappa shape index (κ1) is 31.5. The molecule has 0 aromatic carbocycles. The highest BCUT2D eigenvalue weighted by Gasteiger charge is 2.31. The predicted octanol–water partition coefficient (Wildman–Crippen LogP) is -0.618. The maximum absolute atomic E-state index is 12.7. The van der Waals surface area contributed by atoms with Crippen molar-refractivity contribution in [3.05, 3.63) is 0 Å². The van der Waals surface area contributed by atoms with Crippen LogP contribution in [-0.4, -0.2) is 111 Å². The number of alkyl halides is 4. The molecule has 12 nitrogen and oxygen atoms in total. The first-order valence-corrected chi connectivity index (χ1v) is 11.1. The highest BCUT2D eigenvalue weighted by Crippen LogP contribution is 2.07. The molecule has 0 aromatic rings. The monoisotopic (exact) mass is 532 g/mol. The van der Waals surface area contributed by atoms with Gasteiger partial charge in [0.05, 0.1) is 33.0 Å². The van der Waals surface area contributed by atoms with Crippen LogP contribution in [0.1, 0.15) is 20.3 Å². The van der Waals surface area contributed by atoms with Gasteiger partial charge >= 0.3 is 19.2 Å². The normalized spacial score (nSPS) is 17.0. The fourth-order valence-electron chi connectivity index (χ4n) is 3.14. The van der Waals surface area contributed by atoms with Crippen LogP contribution in [0.15, 0.2) is 0 Å². The average molecular weight is 532 g/mol. The van der Waals surface area contributed by atoms with E-state index in [9.17, 15) is 41.8 Å². The summed E-state index contributed by atoms with van der Waals surface area (Å²) < 4.78 is 63.7. The van der Waals surface area contributed by atoms with Crippen LogP contribution in [0.25, 0.3) is 0 Å². The van der Waals surface area contributed by atoms with Crippen molar-refractivity contribution in [2.24, 2.45) is 5.92 Å². The van der Waals surface area contributed by atoms with Crippen molar-refractivity contribution < 1.29 is 56.1 Å². The Morgan fingerprint density at radius 3 is 1.78 bits per heavy atom. The Bertz CT molecular complexity index is 726. The van der Waals surface area contributed by atoms with E-state index in [1.807, 2.05) is 5.32 Å². The summed E-state index contributed by atoms with van der Waals surface area (Å²) in [6, 6.07) is -4.94. The Kier molecular flexibility index (Phi) is 14.2. The highest BCUT2D eigenvalue weighted by molar-refractivity contribution is 5.93. The Morgan fingerprint density at radius 1 is 0.861 bits per heavy atom. The summed E-state index contributed by atoms with van der Waals surface area (Å²) in [5.74, 6) is -4.64. The Balaban J connectivity index is 2.92. The molecule has 1 fully saturated rings. The molecule has 3 amide bonds. The topological polar surface area (TPSA) is 156 Å². The molecule has 16 heteroatoms. The average Bonchev–Trinajstić information content (AvgIpc) is 2.78. The summed E-state index contributed by atoms with van der Waals surface area (Å²) >= 11 is 0. The molecule has 4 N–H and O–H groups in total. The number of carbonyl (C=O) groups is 4. The van der Waals surface area contributed by atoms with E-state index in [-0.39, 0.29) is 18.9 Å². The van der Waals surface area contributed by atoms with Crippen LogP contribution in [0.5, 0.6) is 0 Å². The summed E-state index contributed by atoms with van der Waals surface area (Å²) in [5.41, 5.74) is 0. The van der Waals surface area contributed by atoms with Gasteiger partial charge in [-0.3, -0.25) is 19.3 Å². The molecule has 0 radical (unpaired) electrons. The van der Waals surface area contributed by atoms with E-state index < -0.39 is 68.3 Å². The van der Waals surface area contributed by atoms with Gasteiger partial charge in [-0.05, 0) is 12.3 Å². The number of amides is 3. The summed E-state index contributed by atoms with van der Waals surface area (Å²) in [7, 11) is 0. The zero-order valence-electron chi connectivity index (χ0n) is 19.9. The molecule has 1 aliphatic heterocycles. The minimum Gasteiger partial charge on any atom is -0.480 e. The van der Waals surface area contributed by atoms with Crippen LogP contribution in [-0.2, 0) is 33.4 Å². The number of morpholine rings is 1. The number of nitrogens with one attached hydrogen (secondary N) is 3. The van der Waals surface area contributed by atoms with Crippen molar-refractivity contribution in [1.82, 2.24) is 20.9 Å². The minimum atomic E-state index is -3.32. The molecule has 0 saturated carbocycles. The molecule has 36 heavy (non-hydrogen) atoms. The van der Waals surface area contributed by atoms with Gasteiger partial charge in [-0.2, -0.15) is 17.6 Å². The smallest absolute Gasteiger partial charge is 0.345 e. The van der Waals surface area contributed by atoms with E-state index >= 15 is 0 Å². The third kappa shape index (κ3) is 12.9. The van der Waals surface area contributed by atoms with E-state index in [0.717, 1.165) is 0 Å². The number of ether oxygens (including phenoxy) is 3. The van der Waals surface area contributed by atoms with Crippen LogP contribution in [0.3, 0.4) is 0 Å². The lowest BCUT2D eigenvalue weighted by Gasteiger charge is -2.27. The van der Waals surface area contributed by atoms with Gasteiger partial charge in [0.25, 0.3) is 0 Å². The third-order valence-corrected chi connectivity index (χ3v) is 4.86. The standard InChI is InChI=1S/C20H32F4N4O8/c1-11(2)7-12(18(32)33)26-17(31)14(10-36-20(23)24)27-16(30)13(9-35-19(21)22)25-15(29)8-28-3-5-34-6-4-28/h11-14,19-20H,3-10H2,1-2H3,(H,25,29)(H,26,31)(H,27,30)(H,32,33)/t12-,13-,14-/m0/s1. The minimum absolute atomic E-state index is 0.000104. The number of nitrogens with zero attached hydrogens (tertiary/aromatic N) is 1. The van der Waals surface area contributed by atoms with Crippen LogP contribution < -0.4 is 16.0 Å². The molecule has 1 saturated heterocycles. The third-order valence-electron chi connectivity index (χ3n) is 4.86. The fourth-order valence-corrected chi connectivity index (χ4v) is 3.14. The van der Waals surface area contributed by atoms with E-state index in [1.54, 1.807) is 18.7 Å². The van der Waals surface area contributed by atoms with Gasteiger partial charge in [0.1, 0.15) is 18.1 Å². The maximum atomic E-state index is 12.7. The maximum Gasteiger partial charge on any atom is 0.345 e. The van der Waals surface area contributed by atoms with Crippen molar-refractivity contribution in [1.29, 1.82) is 0 Å². The molecule has 1 aliphatic rings. The molecule has 0 unspecified atom stereocenters. The second kappa shape index (κ2) is 16.2. The molecule has 3 atom stereocenters. The first-order chi connectivity index (χ1) is 16.9. The lowest BCUT2D eigenvalue weighted by molar-refractivity contribution is -0.154. The molecular weight excluding hydrogens is 500 g/mol. The lowest BCUT2D eigenvalue weighted by atomic mass is 10.0. The molecule has 0 bridgehead atoms. The van der Waals surface area contributed by atoms with Gasteiger partial charge in [0.15, 0.2) is 0 Å². The lowest BCUT2D eigenvalue weighted by Crippen LogP contribution is -2.59. The quantitative estimate of drug-likeness (QED) is 0.190. The van der Waals surface area contributed by atoms with E-state index in [2.05, 4.69) is 20.1 Å². The number of aliphatic carboxylic acids is 1. The van der Waals surface area contributed by atoms with E-state index in [4.69, 9.17) is 4.74 Å². The zero-order chi connectivity index (χ0) is 27.3. The highest BCUT2D eigenvalue weighted by atomic mass is 19.3. The van der Waals surface area contributed by atoms with Crippen molar-refractivity contribution in [2.45, 2.75) is 51.6 Å². The van der Waals surface area contributed by atoms with Crippen LogP contribution in [0, 0.1) is 5.92 Å². The molecule has 0 aliphatic carbocycles. The van der Waals surface area contributed by atoms with Crippen molar-refractivity contribution in [2.75, 3.05) is 46.1 Å². The van der Waals surface area contributed by atoms with Gasteiger partial charge in [-0.15, -0.1) is 0 Å². The number of rotatable bonds is 16. The van der Waals surface area contributed by atoms with Gasteiger partial charge in [-0.1, -0.05) is 13.8 Å². The van der Waals surface area contributed by atoms with Crippen molar-refractivity contribution >= 4 is 23.7 Å². The zero-order valence-corrected chi connectivity index (χ0v) is 19.9. The Hall–Kier alpha value is -2.56. The molecule has 1 rings (SSSR count). The van der Waals surface area contributed by atoms with Crippen LogP contribution in [0.4, 0.5) is 17.6 Å². The number of hydrogen-bond donors (Lipinski definition) is 4. The van der Waals surface area contributed by atoms with Crippen LogP contribution in [0.2, 0.25) is 0 Å². The summed E-state index contributed by atoms with van der Waals surface area (Å²) in [4.78, 5) is 50.8. The predicted molar refractivity (Wildman–Crippen MR) is 114 cm³/mol. The molecular formula is C20H32F4N4O8. The second-order valence-corrected chi connectivity index (χ2v) is 8.29. The first-order valence-electron chi connectivity index (χ1n) is 11.1. The largest absolute Gasteiger partial charge is 0.480 e. The summed E-state index contributed by atoms with van der Waals surface area (Å²) in [6.45, 7) is -3.88. The number of carboxylic acids is 1. The van der Waals surface area contributed by atoms with Crippen molar-refractivity contribution in [3.63, 3.8) is 0 Å². The summed E-state index contributed by atoms with van der Waals surface area (Å²) in [5, 5.41) is 15.7. The van der Waals surface area contributed by atoms with E-state index in [0.29, 0.717) is 26.3 Å². The van der Waals surface area contributed by atoms with Gasteiger partial charge < -0.3 is 35.3 Å². The number of carboxylic acid groups (broad SMARTS) is 1. The Labute approximate surface area is 205 Å².